The van der Waals surface area contributed by atoms with E-state index in [0.717, 1.165) is 18.7 Å². The zero-order chi connectivity index (χ0) is 13.0. The fourth-order valence-corrected chi connectivity index (χ4v) is 1.83. The van der Waals surface area contributed by atoms with Crippen LogP contribution in [0.1, 0.15) is 5.56 Å². The van der Waals surface area contributed by atoms with Crippen molar-refractivity contribution in [2.45, 2.75) is 6.92 Å². The molecule has 2 amide bonds. The predicted molar refractivity (Wildman–Crippen MR) is 69.3 cm³/mol. The van der Waals surface area contributed by atoms with E-state index in [1.54, 1.807) is 17.0 Å². The fraction of sp³-hybridized carbons (Fsp3) is 0.385. The second-order valence-corrected chi connectivity index (χ2v) is 4.36. The van der Waals surface area contributed by atoms with Gasteiger partial charge in [-0.3, -0.25) is 9.59 Å². The maximum absolute atomic E-state index is 11.9. The number of benzene rings is 1. The first-order valence-corrected chi connectivity index (χ1v) is 6.04. The molecule has 0 unspecified atom stereocenters. The van der Waals surface area contributed by atoms with E-state index < -0.39 is 11.8 Å². The van der Waals surface area contributed by atoms with Crippen LogP contribution < -0.4 is 10.6 Å². The Hall–Kier alpha value is -1.88. The lowest BCUT2D eigenvalue weighted by Gasteiger charge is -2.26. The summed E-state index contributed by atoms with van der Waals surface area (Å²) >= 11 is 0. The van der Waals surface area contributed by atoms with Crippen molar-refractivity contribution in [1.29, 1.82) is 0 Å². The number of anilines is 1. The molecule has 5 heteroatoms. The second kappa shape index (κ2) is 5.64. The first kappa shape index (κ1) is 12.6. The first-order valence-electron chi connectivity index (χ1n) is 6.04. The fourth-order valence-electron chi connectivity index (χ4n) is 1.83. The molecule has 0 saturated carbocycles. The minimum Gasteiger partial charge on any atom is -0.332 e. The van der Waals surface area contributed by atoms with Gasteiger partial charge >= 0.3 is 11.8 Å². The van der Waals surface area contributed by atoms with Gasteiger partial charge in [-0.15, -0.1) is 0 Å². The number of hydrogen-bond donors (Lipinski definition) is 2. The van der Waals surface area contributed by atoms with Crippen molar-refractivity contribution in [3.63, 3.8) is 0 Å². The molecule has 1 aromatic carbocycles. The third kappa shape index (κ3) is 3.07. The Kier molecular flexibility index (Phi) is 3.94. The monoisotopic (exact) mass is 247 g/mol. The number of carbonyl (C=O) groups is 2. The van der Waals surface area contributed by atoms with Crippen molar-refractivity contribution < 1.29 is 9.59 Å². The first-order chi connectivity index (χ1) is 8.66. The highest BCUT2D eigenvalue weighted by atomic mass is 16.2. The van der Waals surface area contributed by atoms with Crippen LogP contribution in [0.25, 0.3) is 0 Å². The van der Waals surface area contributed by atoms with Crippen LogP contribution in [0.15, 0.2) is 24.3 Å². The summed E-state index contributed by atoms with van der Waals surface area (Å²) in [7, 11) is 0. The van der Waals surface area contributed by atoms with Crippen LogP contribution in [-0.4, -0.2) is 42.9 Å². The highest BCUT2D eigenvalue weighted by molar-refractivity contribution is 6.39. The molecule has 1 aliphatic rings. The molecule has 0 atom stereocenters. The van der Waals surface area contributed by atoms with E-state index in [2.05, 4.69) is 10.6 Å². The Morgan fingerprint density at radius 3 is 2.39 bits per heavy atom. The van der Waals surface area contributed by atoms with Gasteiger partial charge in [0.2, 0.25) is 0 Å². The molecule has 1 saturated heterocycles. The highest BCUT2D eigenvalue weighted by Crippen LogP contribution is 2.08. The number of nitrogens with one attached hydrogen (secondary N) is 2. The Morgan fingerprint density at radius 2 is 1.78 bits per heavy atom. The number of aryl methyl sites for hydroxylation is 1. The summed E-state index contributed by atoms with van der Waals surface area (Å²) in [4.78, 5) is 25.2. The maximum Gasteiger partial charge on any atom is 0.313 e. The largest absolute Gasteiger partial charge is 0.332 e. The van der Waals surface area contributed by atoms with E-state index in [4.69, 9.17) is 0 Å². The molecule has 18 heavy (non-hydrogen) atoms. The molecule has 1 heterocycles. The lowest BCUT2D eigenvalue weighted by Crippen LogP contribution is -2.49. The number of amides is 2. The third-order valence-electron chi connectivity index (χ3n) is 2.91. The molecular formula is C13H17N3O2. The summed E-state index contributed by atoms with van der Waals surface area (Å²) in [6.45, 7) is 4.62. The van der Waals surface area contributed by atoms with Crippen molar-refractivity contribution in [3.8, 4) is 0 Å². The second-order valence-electron chi connectivity index (χ2n) is 4.36. The van der Waals surface area contributed by atoms with E-state index in [1.165, 1.54) is 0 Å². The van der Waals surface area contributed by atoms with Gasteiger partial charge in [0, 0.05) is 31.9 Å². The summed E-state index contributed by atoms with van der Waals surface area (Å²) in [6.07, 6.45) is 0. The Labute approximate surface area is 106 Å². The van der Waals surface area contributed by atoms with Gasteiger partial charge in [0.1, 0.15) is 0 Å². The summed E-state index contributed by atoms with van der Waals surface area (Å²) in [5.74, 6) is -1.03. The highest BCUT2D eigenvalue weighted by Gasteiger charge is 2.22. The van der Waals surface area contributed by atoms with Crippen molar-refractivity contribution >= 4 is 17.5 Å². The van der Waals surface area contributed by atoms with Crippen molar-refractivity contribution in [3.05, 3.63) is 29.8 Å². The standard InChI is InChI=1S/C13H17N3O2/c1-10-2-4-11(5-3-10)15-12(17)13(18)16-8-6-14-7-9-16/h2-5,14H,6-9H2,1H3,(H,15,17). The van der Waals surface area contributed by atoms with Gasteiger partial charge < -0.3 is 15.5 Å². The van der Waals surface area contributed by atoms with E-state index in [0.29, 0.717) is 18.8 Å². The lowest BCUT2D eigenvalue weighted by molar-refractivity contribution is -0.143. The van der Waals surface area contributed by atoms with Gasteiger partial charge in [-0.25, -0.2) is 0 Å². The molecule has 96 valence electrons. The topological polar surface area (TPSA) is 61.4 Å². The van der Waals surface area contributed by atoms with E-state index in [-0.39, 0.29) is 0 Å². The van der Waals surface area contributed by atoms with Crippen molar-refractivity contribution in [2.75, 3.05) is 31.5 Å². The van der Waals surface area contributed by atoms with Crippen LogP contribution in [0.4, 0.5) is 5.69 Å². The maximum atomic E-state index is 11.9. The zero-order valence-electron chi connectivity index (χ0n) is 10.4. The van der Waals surface area contributed by atoms with Gasteiger partial charge in [0.15, 0.2) is 0 Å². The Morgan fingerprint density at radius 1 is 1.17 bits per heavy atom. The van der Waals surface area contributed by atoms with Gasteiger partial charge in [0.25, 0.3) is 0 Å². The number of rotatable bonds is 1. The van der Waals surface area contributed by atoms with Crippen molar-refractivity contribution in [2.24, 2.45) is 0 Å². The zero-order valence-corrected chi connectivity index (χ0v) is 10.4. The average molecular weight is 247 g/mol. The Bertz CT molecular complexity index is 436. The van der Waals surface area contributed by atoms with Crippen LogP contribution >= 0.6 is 0 Å². The molecule has 2 N–H and O–H groups in total. The quantitative estimate of drug-likeness (QED) is 0.705. The number of hydrogen-bond acceptors (Lipinski definition) is 3. The summed E-state index contributed by atoms with van der Waals surface area (Å²) in [6, 6.07) is 7.37. The molecule has 0 aromatic heterocycles. The van der Waals surface area contributed by atoms with E-state index >= 15 is 0 Å². The normalized spacial score (nSPS) is 15.3. The lowest BCUT2D eigenvalue weighted by atomic mass is 10.2. The predicted octanol–water partition coefficient (Wildman–Crippen LogP) is 0.365. The molecule has 1 aliphatic heterocycles. The molecule has 0 aliphatic carbocycles. The van der Waals surface area contributed by atoms with Crippen LogP contribution in [0.2, 0.25) is 0 Å². The van der Waals surface area contributed by atoms with Crippen LogP contribution in [0, 0.1) is 6.92 Å². The number of nitrogens with zero attached hydrogens (tertiary/aromatic N) is 1. The van der Waals surface area contributed by atoms with Gasteiger partial charge in [0.05, 0.1) is 0 Å². The third-order valence-corrected chi connectivity index (χ3v) is 2.91. The average Bonchev–Trinajstić information content (AvgIpc) is 2.41. The molecule has 1 fully saturated rings. The molecular weight excluding hydrogens is 230 g/mol. The Balaban J connectivity index is 1.94. The van der Waals surface area contributed by atoms with Crippen LogP contribution in [-0.2, 0) is 9.59 Å². The summed E-state index contributed by atoms with van der Waals surface area (Å²) in [5.41, 5.74) is 1.76. The summed E-state index contributed by atoms with van der Waals surface area (Å²) in [5, 5.41) is 5.75. The van der Waals surface area contributed by atoms with Crippen molar-refractivity contribution in [1.82, 2.24) is 10.2 Å². The molecule has 0 bridgehead atoms. The number of piperazine rings is 1. The molecule has 1 aromatic rings. The molecule has 0 radical (unpaired) electrons. The van der Waals surface area contributed by atoms with E-state index in [1.807, 2.05) is 19.1 Å². The smallest absolute Gasteiger partial charge is 0.313 e. The minimum absolute atomic E-state index is 0.461. The SMILES string of the molecule is Cc1ccc(NC(=O)C(=O)N2CCNCC2)cc1. The molecule has 5 nitrogen and oxygen atoms in total. The van der Waals surface area contributed by atoms with Gasteiger partial charge in [-0.1, -0.05) is 17.7 Å². The molecule has 0 spiro atoms. The van der Waals surface area contributed by atoms with Gasteiger partial charge in [-0.05, 0) is 19.1 Å². The van der Waals surface area contributed by atoms with Crippen LogP contribution in [0.5, 0.6) is 0 Å². The van der Waals surface area contributed by atoms with Gasteiger partial charge in [-0.2, -0.15) is 0 Å². The van der Waals surface area contributed by atoms with E-state index in [9.17, 15) is 9.59 Å². The molecule has 2 rings (SSSR count). The minimum atomic E-state index is -0.569. The number of carbonyl (C=O) groups excluding carboxylic acids is 2. The summed E-state index contributed by atoms with van der Waals surface area (Å²) < 4.78 is 0. The van der Waals surface area contributed by atoms with Crippen LogP contribution in [0.3, 0.4) is 0 Å².